The summed E-state index contributed by atoms with van der Waals surface area (Å²) in [4.78, 5) is 8.88. The fourth-order valence-corrected chi connectivity index (χ4v) is 2.11. The molecule has 0 unspecified atom stereocenters. The van der Waals surface area contributed by atoms with Gasteiger partial charge in [-0.1, -0.05) is 30.3 Å². The summed E-state index contributed by atoms with van der Waals surface area (Å²) in [6, 6.07) is 19.2. The van der Waals surface area contributed by atoms with Gasteiger partial charge in [0.25, 0.3) is 0 Å². The highest BCUT2D eigenvalue weighted by molar-refractivity contribution is 5.63. The monoisotopic (exact) mass is 292 g/mol. The van der Waals surface area contributed by atoms with Crippen molar-refractivity contribution >= 4 is 0 Å². The molecule has 3 rings (SSSR count). The molecule has 0 spiro atoms. The first kappa shape index (κ1) is 14.1. The SMILES string of the molecule is COc1ccccc1-c1nccc(COc2ccccc2)n1. The van der Waals surface area contributed by atoms with E-state index >= 15 is 0 Å². The summed E-state index contributed by atoms with van der Waals surface area (Å²) >= 11 is 0. The second-order valence-electron chi connectivity index (χ2n) is 4.67. The Labute approximate surface area is 129 Å². The van der Waals surface area contributed by atoms with Crippen molar-refractivity contribution in [3.8, 4) is 22.9 Å². The van der Waals surface area contributed by atoms with Crippen LogP contribution in [0.4, 0.5) is 0 Å². The van der Waals surface area contributed by atoms with Crippen molar-refractivity contribution < 1.29 is 9.47 Å². The lowest BCUT2D eigenvalue weighted by Crippen LogP contribution is -2.01. The first-order chi connectivity index (χ1) is 10.9. The lowest BCUT2D eigenvalue weighted by molar-refractivity contribution is 0.301. The van der Waals surface area contributed by atoms with Crippen molar-refractivity contribution in [3.63, 3.8) is 0 Å². The van der Waals surface area contributed by atoms with Crippen LogP contribution < -0.4 is 9.47 Å². The van der Waals surface area contributed by atoms with Crippen molar-refractivity contribution in [2.75, 3.05) is 7.11 Å². The molecule has 22 heavy (non-hydrogen) atoms. The van der Waals surface area contributed by atoms with Gasteiger partial charge in [-0.25, -0.2) is 9.97 Å². The van der Waals surface area contributed by atoms with Crippen molar-refractivity contribution in [3.05, 3.63) is 72.6 Å². The van der Waals surface area contributed by atoms with Crippen molar-refractivity contribution in [1.29, 1.82) is 0 Å². The Morgan fingerprint density at radius 1 is 0.909 bits per heavy atom. The molecule has 3 aromatic rings. The Hall–Kier alpha value is -2.88. The molecule has 110 valence electrons. The molecular weight excluding hydrogens is 276 g/mol. The fraction of sp³-hybridized carbons (Fsp3) is 0.111. The normalized spacial score (nSPS) is 10.2. The number of benzene rings is 2. The molecule has 1 heterocycles. The Kier molecular flexibility index (Phi) is 4.30. The molecule has 0 saturated carbocycles. The summed E-state index contributed by atoms with van der Waals surface area (Å²) in [5.74, 6) is 2.20. The van der Waals surface area contributed by atoms with Gasteiger partial charge in [-0.05, 0) is 30.3 Å². The largest absolute Gasteiger partial charge is 0.496 e. The summed E-state index contributed by atoms with van der Waals surface area (Å²) in [5.41, 5.74) is 1.69. The molecule has 2 aromatic carbocycles. The van der Waals surface area contributed by atoms with Crippen molar-refractivity contribution in [2.24, 2.45) is 0 Å². The third-order valence-corrected chi connectivity index (χ3v) is 3.19. The Morgan fingerprint density at radius 3 is 2.50 bits per heavy atom. The van der Waals surface area contributed by atoms with Crippen LogP contribution in [0.5, 0.6) is 11.5 Å². The van der Waals surface area contributed by atoms with Gasteiger partial charge in [-0.15, -0.1) is 0 Å². The summed E-state index contributed by atoms with van der Waals surface area (Å²) in [7, 11) is 1.64. The van der Waals surface area contributed by atoms with Gasteiger partial charge in [0.15, 0.2) is 5.82 Å². The minimum Gasteiger partial charge on any atom is -0.496 e. The van der Waals surface area contributed by atoms with Crippen LogP contribution in [-0.2, 0) is 6.61 Å². The molecule has 0 radical (unpaired) electrons. The minimum absolute atomic E-state index is 0.398. The molecule has 0 fully saturated rings. The predicted molar refractivity (Wildman–Crippen MR) is 84.8 cm³/mol. The zero-order valence-corrected chi connectivity index (χ0v) is 12.3. The second-order valence-corrected chi connectivity index (χ2v) is 4.67. The van der Waals surface area contributed by atoms with Gasteiger partial charge in [0, 0.05) is 6.20 Å². The first-order valence-electron chi connectivity index (χ1n) is 7.00. The van der Waals surface area contributed by atoms with E-state index in [0.717, 1.165) is 22.8 Å². The van der Waals surface area contributed by atoms with E-state index in [4.69, 9.17) is 9.47 Å². The predicted octanol–water partition coefficient (Wildman–Crippen LogP) is 3.73. The van der Waals surface area contributed by atoms with E-state index in [1.165, 1.54) is 0 Å². The molecule has 0 amide bonds. The molecule has 4 nitrogen and oxygen atoms in total. The minimum atomic E-state index is 0.398. The Balaban J connectivity index is 1.81. The molecule has 4 heteroatoms. The maximum atomic E-state index is 5.72. The number of methoxy groups -OCH3 is 1. The fourth-order valence-electron chi connectivity index (χ4n) is 2.11. The smallest absolute Gasteiger partial charge is 0.163 e. The van der Waals surface area contributed by atoms with Crippen LogP contribution in [0.25, 0.3) is 11.4 Å². The van der Waals surface area contributed by atoms with E-state index in [1.807, 2.05) is 60.7 Å². The quantitative estimate of drug-likeness (QED) is 0.718. The van der Waals surface area contributed by atoms with Crippen LogP contribution in [-0.4, -0.2) is 17.1 Å². The average Bonchev–Trinajstić information content (AvgIpc) is 2.61. The van der Waals surface area contributed by atoms with E-state index in [0.29, 0.717) is 12.4 Å². The summed E-state index contributed by atoms with van der Waals surface area (Å²) in [6.45, 7) is 0.398. The van der Waals surface area contributed by atoms with Crippen LogP contribution in [0.3, 0.4) is 0 Å². The van der Waals surface area contributed by atoms with Crippen LogP contribution >= 0.6 is 0 Å². The summed E-state index contributed by atoms with van der Waals surface area (Å²) in [5, 5.41) is 0. The Morgan fingerprint density at radius 2 is 1.68 bits per heavy atom. The Bertz CT molecular complexity index is 745. The van der Waals surface area contributed by atoms with Crippen LogP contribution in [0, 0.1) is 0 Å². The lowest BCUT2D eigenvalue weighted by atomic mass is 10.2. The molecule has 0 bridgehead atoms. The number of hydrogen-bond donors (Lipinski definition) is 0. The van der Waals surface area contributed by atoms with Gasteiger partial charge in [-0.2, -0.15) is 0 Å². The van der Waals surface area contributed by atoms with Crippen LogP contribution in [0.15, 0.2) is 66.9 Å². The summed E-state index contributed by atoms with van der Waals surface area (Å²) in [6.07, 6.45) is 1.73. The maximum Gasteiger partial charge on any atom is 0.163 e. The van der Waals surface area contributed by atoms with Crippen LogP contribution in [0.2, 0.25) is 0 Å². The van der Waals surface area contributed by atoms with Crippen LogP contribution in [0.1, 0.15) is 5.69 Å². The molecule has 0 aliphatic heterocycles. The topological polar surface area (TPSA) is 44.2 Å². The molecule has 0 atom stereocenters. The molecule has 0 aliphatic carbocycles. The van der Waals surface area contributed by atoms with Gasteiger partial charge >= 0.3 is 0 Å². The number of ether oxygens (including phenoxy) is 2. The second kappa shape index (κ2) is 6.72. The highest BCUT2D eigenvalue weighted by atomic mass is 16.5. The zero-order valence-electron chi connectivity index (χ0n) is 12.3. The van der Waals surface area contributed by atoms with E-state index in [2.05, 4.69) is 9.97 Å². The third kappa shape index (κ3) is 3.23. The van der Waals surface area contributed by atoms with Gasteiger partial charge in [0.05, 0.1) is 18.4 Å². The standard InChI is InChI=1S/C18H16N2O2/c1-21-17-10-6-5-9-16(17)18-19-12-11-14(20-18)13-22-15-7-3-2-4-8-15/h2-12H,13H2,1H3. The highest BCUT2D eigenvalue weighted by Gasteiger charge is 2.08. The van der Waals surface area contributed by atoms with E-state index in [-0.39, 0.29) is 0 Å². The number of rotatable bonds is 5. The number of hydrogen-bond acceptors (Lipinski definition) is 4. The van der Waals surface area contributed by atoms with Gasteiger partial charge < -0.3 is 9.47 Å². The summed E-state index contributed by atoms with van der Waals surface area (Å²) < 4.78 is 11.1. The van der Waals surface area contributed by atoms with Crippen molar-refractivity contribution in [1.82, 2.24) is 9.97 Å². The van der Waals surface area contributed by atoms with E-state index in [1.54, 1.807) is 13.3 Å². The molecule has 0 N–H and O–H groups in total. The van der Waals surface area contributed by atoms with Gasteiger partial charge in [0.2, 0.25) is 0 Å². The molecule has 1 aromatic heterocycles. The van der Waals surface area contributed by atoms with E-state index in [9.17, 15) is 0 Å². The number of para-hydroxylation sites is 2. The average molecular weight is 292 g/mol. The van der Waals surface area contributed by atoms with Gasteiger partial charge in [0.1, 0.15) is 18.1 Å². The number of nitrogens with zero attached hydrogens (tertiary/aromatic N) is 2. The first-order valence-corrected chi connectivity index (χ1v) is 7.00. The molecule has 0 aliphatic rings. The maximum absolute atomic E-state index is 5.72. The third-order valence-electron chi connectivity index (χ3n) is 3.19. The lowest BCUT2D eigenvalue weighted by Gasteiger charge is -2.09. The zero-order chi connectivity index (χ0) is 15.2. The molecule has 0 saturated heterocycles. The molecular formula is C18H16N2O2. The highest BCUT2D eigenvalue weighted by Crippen LogP contribution is 2.26. The van der Waals surface area contributed by atoms with E-state index < -0.39 is 0 Å². The van der Waals surface area contributed by atoms with Crippen molar-refractivity contribution in [2.45, 2.75) is 6.61 Å². The van der Waals surface area contributed by atoms with Gasteiger partial charge in [-0.3, -0.25) is 0 Å². The number of aromatic nitrogens is 2.